The van der Waals surface area contributed by atoms with Gasteiger partial charge in [0, 0.05) is 18.3 Å². The molecule has 0 atom stereocenters. The van der Waals surface area contributed by atoms with Gasteiger partial charge in [-0.15, -0.1) is 0 Å². The highest BCUT2D eigenvalue weighted by Crippen LogP contribution is 2.34. The Morgan fingerprint density at radius 3 is 2.52 bits per heavy atom. The summed E-state index contributed by atoms with van der Waals surface area (Å²) in [7, 11) is 0. The molecule has 0 spiro atoms. The summed E-state index contributed by atoms with van der Waals surface area (Å²) in [5, 5.41) is 13.7. The number of pyridine rings is 1. The second kappa shape index (κ2) is 7.63. The van der Waals surface area contributed by atoms with E-state index in [9.17, 15) is 14.3 Å². The van der Waals surface area contributed by atoms with E-state index in [1.54, 1.807) is 48.7 Å². The summed E-state index contributed by atoms with van der Waals surface area (Å²) in [6, 6.07) is 16.7. The molecule has 2 aromatic heterocycles. The Balaban J connectivity index is 1.80. The van der Waals surface area contributed by atoms with Crippen LogP contribution in [-0.2, 0) is 17.8 Å². The quantitative estimate of drug-likeness (QED) is 0.470. The minimum Gasteiger partial charge on any atom is -0.507 e. The number of aromatic nitrogens is 2. The van der Waals surface area contributed by atoms with E-state index >= 15 is 0 Å². The van der Waals surface area contributed by atoms with Crippen molar-refractivity contribution in [1.82, 2.24) is 9.38 Å². The molecule has 0 saturated heterocycles. The number of fused-ring (bicyclic) bond motifs is 1. The summed E-state index contributed by atoms with van der Waals surface area (Å²) in [6.45, 7) is 0.425. The van der Waals surface area contributed by atoms with Gasteiger partial charge in [-0.1, -0.05) is 30.3 Å². The summed E-state index contributed by atoms with van der Waals surface area (Å²) in [5.41, 5.74) is 8.76. The minimum absolute atomic E-state index is 0.109. The average Bonchev–Trinajstić information content (AvgIpc) is 3.05. The number of aromatic hydroxyl groups is 1. The third-order valence-electron chi connectivity index (χ3n) is 4.59. The molecule has 0 fully saturated rings. The van der Waals surface area contributed by atoms with Gasteiger partial charge in [-0.05, 0) is 41.5 Å². The van der Waals surface area contributed by atoms with Crippen LogP contribution in [0.1, 0.15) is 11.1 Å². The molecule has 29 heavy (non-hydrogen) atoms. The largest absolute Gasteiger partial charge is 0.507 e. The number of carbonyl (C=O) groups excluding carboxylic acids is 1. The van der Waals surface area contributed by atoms with Crippen LogP contribution in [0.25, 0.3) is 16.9 Å². The molecule has 6 nitrogen and oxygen atoms in total. The van der Waals surface area contributed by atoms with Crippen LogP contribution < -0.4 is 11.1 Å². The molecule has 0 radical (unpaired) electrons. The first-order chi connectivity index (χ1) is 14.0. The normalized spacial score (nSPS) is 10.9. The number of nitrogens with one attached hydrogen (secondary N) is 1. The number of amides is 1. The van der Waals surface area contributed by atoms with Gasteiger partial charge < -0.3 is 16.2 Å². The number of primary amides is 1. The van der Waals surface area contributed by atoms with Gasteiger partial charge in [0.25, 0.3) is 0 Å². The van der Waals surface area contributed by atoms with E-state index in [0.717, 1.165) is 11.1 Å². The van der Waals surface area contributed by atoms with E-state index < -0.39 is 5.91 Å². The number of anilines is 1. The van der Waals surface area contributed by atoms with Crippen LogP contribution in [0.2, 0.25) is 0 Å². The van der Waals surface area contributed by atoms with Gasteiger partial charge in [0.2, 0.25) is 5.91 Å². The zero-order valence-electron chi connectivity index (χ0n) is 15.5. The van der Waals surface area contributed by atoms with Crippen LogP contribution in [0.4, 0.5) is 10.2 Å². The number of carbonyl (C=O) groups is 1. The van der Waals surface area contributed by atoms with Gasteiger partial charge in [-0.3, -0.25) is 9.20 Å². The van der Waals surface area contributed by atoms with Gasteiger partial charge in [0.05, 0.1) is 6.42 Å². The third-order valence-corrected chi connectivity index (χ3v) is 4.59. The van der Waals surface area contributed by atoms with Crippen molar-refractivity contribution in [3.8, 4) is 17.0 Å². The average molecular weight is 390 g/mol. The van der Waals surface area contributed by atoms with Crippen LogP contribution in [0, 0.1) is 5.82 Å². The topological polar surface area (TPSA) is 92.7 Å². The maximum atomic E-state index is 13.2. The first kappa shape index (κ1) is 18.5. The molecule has 0 unspecified atom stereocenters. The van der Waals surface area contributed by atoms with Gasteiger partial charge in [-0.25, -0.2) is 9.37 Å². The lowest BCUT2D eigenvalue weighted by atomic mass is 10.1. The van der Waals surface area contributed by atoms with Crippen LogP contribution >= 0.6 is 0 Å². The van der Waals surface area contributed by atoms with E-state index in [4.69, 9.17) is 5.73 Å². The van der Waals surface area contributed by atoms with Crippen molar-refractivity contribution in [2.45, 2.75) is 13.0 Å². The molecule has 4 N–H and O–H groups in total. The van der Waals surface area contributed by atoms with Crippen molar-refractivity contribution >= 4 is 17.4 Å². The Kier molecular flexibility index (Phi) is 4.87. The third kappa shape index (κ3) is 3.89. The van der Waals surface area contributed by atoms with Gasteiger partial charge in [0.15, 0.2) is 0 Å². The first-order valence-corrected chi connectivity index (χ1v) is 9.07. The number of halogens is 1. The van der Waals surface area contributed by atoms with E-state index in [0.29, 0.717) is 29.3 Å². The monoisotopic (exact) mass is 390 g/mol. The fourth-order valence-electron chi connectivity index (χ4n) is 3.21. The molecular formula is C22H19FN4O2. The zero-order valence-corrected chi connectivity index (χ0v) is 15.5. The highest BCUT2D eigenvalue weighted by Gasteiger charge is 2.17. The van der Waals surface area contributed by atoms with E-state index in [1.807, 2.05) is 10.5 Å². The molecule has 0 aliphatic rings. The first-order valence-electron chi connectivity index (χ1n) is 9.07. The van der Waals surface area contributed by atoms with Gasteiger partial charge in [-0.2, -0.15) is 0 Å². The number of imidazole rings is 1. The summed E-state index contributed by atoms with van der Waals surface area (Å²) in [6.07, 6.45) is 1.90. The fourth-order valence-corrected chi connectivity index (χ4v) is 3.21. The predicted octanol–water partition coefficient (Wildman–Crippen LogP) is 3.49. The maximum Gasteiger partial charge on any atom is 0.221 e. The lowest BCUT2D eigenvalue weighted by molar-refractivity contribution is -0.117. The van der Waals surface area contributed by atoms with Crippen LogP contribution in [0.15, 0.2) is 66.9 Å². The second-order valence-electron chi connectivity index (χ2n) is 6.71. The lowest BCUT2D eigenvalue weighted by Gasteiger charge is -2.10. The van der Waals surface area contributed by atoms with E-state index in [1.165, 1.54) is 12.1 Å². The highest BCUT2D eigenvalue weighted by atomic mass is 19.1. The van der Waals surface area contributed by atoms with E-state index in [-0.39, 0.29) is 18.0 Å². The number of phenols is 1. The van der Waals surface area contributed by atoms with Crippen LogP contribution in [-0.4, -0.2) is 20.4 Å². The highest BCUT2D eigenvalue weighted by molar-refractivity contribution is 5.81. The molecule has 0 aliphatic heterocycles. The summed E-state index contributed by atoms with van der Waals surface area (Å²) >= 11 is 0. The van der Waals surface area contributed by atoms with Crippen molar-refractivity contribution in [3.63, 3.8) is 0 Å². The molecule has 0 aliphatic carbocycles. The number of hydrogen-bond donors (Lipinski definition) is 3. The molecule has 1 amide bonds. The second-order valence-corrected chi connectivity index (χ2v) is 6.71. The molecule has 4 aromatic rings. The van der Waals surface area contributed by atoms with E-state index in [2.05, 4.69) is 10.3 Å². The Labute approximate surface area is 166 Å². The number of phenolic OH excluding ortho intramolecular Hbond substituents is 1. The SMILES string of the molecule is NC(=O)Cc1ccc2nc(-c3ccccc3O)c(NCc3ccc(F)cc3)n2c1. The number of hydrogen-bond acceptors (Lipinski definition) is 4. The molecule has 4 rings (SSSR count). The Morgan fingerprint density at radius 2 is 1.79 bits per heavy atom. The van der Waals surface area contributed by atoms with Crippen molar-refractivity contribution in [2.75, 3.05) is 5.32 Å². The molecule has 2 heterocycles. The van der Waals surface area contributed by atoms with Crippen molar-refractivity contribution < 1.29 is 14.3 Å². The number of rotatable bonds is 6. The van der Waals surface area contributed by atoms with Crippen LogP contribution in [0.5, 0.6) is 5.75 Å². The Morgan fingerprint density at radius 1 is 1.07 bits per heavy atom. The predicted molar refractivity (Wildman–Crippen MR) is 109 cm³/mol. The summed E-state index contributed by atoms with van der Waals surface area (Å²) in [4.78, 5) is 16.0. The van der Waals surface area contributed by atoms with Crippen molar-refractivity contribution in [2.24, 2.45) is 5.73 Å². The molecule has 146 valence electrons. The van der Waals surface area contributed by atoms with Crippen molar-refractivity contribution in [1.29, 1.82) is 0 Å². The number of para-hydroxylation sites is 1. The number of nitrogens with zero attached hydrogens (tertiary/aromatic N) is 2. The van der Waals surface area contributed by atoms with Crippen LogP contribution in [0.3, 0.4) is 0 Å². The fraction of sp³-hybridized carbons (Fsp3) is 0.0909. The van der Waals surface area contributed by atoms with Gasteiger partial charge in [0.1, 0.15) is 28.7 Å². The smallest absolute Gasteiger partial charge is 0.221 e. The molecule has 0 bridgehead atoms. The Bertz CT molecular complexity index is 1190. The molecule has 0 saturated carbocycles. The molecule has 7 heteroatoms. The Hall–Kier alpha value is -3.87. The molecular weight excluding hydrogens is 371 g/mol. The number of benzene rings is 2. The maximum absolute atomic E-state index is 13.2. The van der Waals surface area contributed by atoms with Gasteiger partial charge >= 0.3 is 0 Å². The molecule has 2 aromatic carbocycles. The summed E-state index contributed by atoms with van der Waals surface area (Å²) in [5.74, 6) is 0.0380. The van der Waals surface area contributed by atoms with Crippen molar-refractivity contribution in [3.05, 3.63) is 83.8 Å². The lowest BCUT2D eigenvalue weighted by Crippen LogP contribution is -2.14. The zero-order chi connectivity index (χ0) is 20.4. The number of nitrogens with two attached hydrogens (primary N) is 1. The minimum atomic E-state index is -0.425. The standard InChI is InChI=1S/C22H19FN4O2/c23-16-8-5-14(6-9-16)12-25-22-21(17-3-1-2-4-18(17)28)26-20-10-7-15(11-19(24)29)13-27(20)22/h1-10,13,25,28H,11-12H2,(H2,24,29). The summed E-state index contributed by atoms with van der Waals surface area (Å²) < 4.78 is 15.0.